The Labute approximate surface area is 115 Å². The summed E-state index contributed by atoms with van der Waals surface area (Å²) in [7, 11) is 0. The van der Waals surface area contributed by atoms with Crippen molar-refractivity contribution in [3.8, 4) is 0 Å². The van der Waals surface area contributed by atoms with E-state index in [1.807, 2.05) is 12.1 Å². The molecule has 18 heavy (non-hydrogen) atoms. The van der Waals surface area contributed by atoms with E-state index in [4.69, 9.17) is 0 Å². The summed E-state index contributed by atoms with van der Waals surface area (Å²) in [5.41, 5.74) is 0.964. The minimum atomic E-state index is 0.435. The van der Waals surface area contributed by atoms with Gasteiger partial charge in [-0.05, 0) is 28.1 Å². The van der Waals surface area contributed by atoms with Crippen LogP contribution in [0.4, 0.5) is 0 Å². The van der Waals surface area contributed by atoms with Gasteiger partial charge in [0.05, 0.1) is 18.8 Å². The lowest BCUT2D eigenvalue weighted by atomic mass is 10.3. The number of pyridine rings is 1. The van der Waals surface area contributed by atoms with E-state index < -0.39 is 0 Å². The highest BCUT2D eigenvalue weighted by atomic mass is 79.9. The normalized spacial score (nSPS) is 11.1. The Balaban J connectivity index is 1.95. The second kappa shape index (κ2) is 6.06. The van der Waals surface area contributed by atoms with Crippen molar-refractivity contribution in [2.75, 3.05) is 0 Å². The number of nitrogens with one attached hydrogen (secondary N) is 1. The average molecular weight is 310 g/mol. The number of halogens is 1. The lowest BCUT2D eigenvalue weighted by molar-refractivity contribution is 0.564. The number of nitrogens with zero attached hydrogens (tertiary/aromatic N) is 4. The Bertz CT molecular complexity index is 491. The zero-order chi connectivity index (χ0) is 13.0. The van der Waals surface area contributed by atoms with Crippen LogP contribution in [0.15, 0.2) is 29.1 Å². The van der Waals surface area contributed by atoms with Crippen LogP contribution in [0, 0.1) is 0 Å². The fraction of sp³-hybridized carbons (Fsp3) is 0.417. The molecule has 0 unspecified atom stereocenters. The molecule has 0 amide bonds. The maximum absolute atomic E-state index is 4.39. The maximum Gasteiger partial charge on any atom is 0.164 e. The van der Waals surface area contributed by atoms with Crippen molar-refractivity contribution in [1.82, 2.24) is 25.1 Å². The fourth-order valence-electron chi connectivity index (χ4n) is 1.45. The van der Waals surface area contributed by atoms with Gasteiger partial charge in [0.1, 0.15) is 6.33 Å². The van der Waals surface area contributed by atoms with E-state index in [0.717, 1.165) is 16.0 Å². The Hall–Kier alpha value is -1.27. The molecular formula is C12H16BrN5. The van der Waals surface area contributed by atoms with Gasteiger partial charge in [-0.2, -0.15) is 5.10 Å². The van der Waals surface area contributed by atoms with Gasteiger partial charge >= 0.3 is 0 Å². The number of aromatic nitrogens is 4. The van der Waals surface area contributed by atoms with Crippen LogP contribution < -0.4 is 5.32 Å². The first-order valence-electron chi connectivity index (χ1n) is 5.85. The Morgan fingerprint density at radius 1 is 1.33 bits per heavy atom. The average Bonchev–Trinajstić information content (AvgIpc) is 2.77. The maximum atomic E-state index is 4.39. The minimum absolute atomic E-state index is 0.435. The molecule has 0 aliphatic heterocycles. The smallest absolute Gasteiger partial charge is 0.164 e. The van der Waals surface area contributed by atoms with Gasteiger partial charge in [-0.15, -0.1) is 0 Å². The predicted molar refractivity (Wildman–Crippen MR) is 73.0 cm³/mol. The molecule has 2 aromatic heterocycles. The van der Waals surface area contributed by atoms with Gasteiger partial charge in [0, 0.05) is 16.7 Å². The third-order valence-electron chi connectivity index (χ3n) is 2.36. The molecule has 5 nitrogen and oxygen atoms in total. The van der Waals surface area contributed by atoms with Crippen molar-refractivity contribution in [3.63, 3.8) is 0 Å². The molecule has 0 radical (unpaired) electrons. The van der Waals surface area contributed by atoms with Crippen LogP contribution >= 0.6 is 15.9 Å². The molecule has 0 saturated carbocycles. The van der Waals surface area contributed by atoms with Crippen LogP contribution in [-0.2, 0) is 13.1 Å². The van der Waals surface area contributed by atoms with Crippen molar-refractivity contribution in [3.05, 3.63) is 40.6 Å². The second-order valence-electron chi connectivity index (χ2n) is 4.36. The van der Waals surface area contributed by atoms with Crippen molar-refractivity contribution in [2.45, 2.75) is 33.0 Å². The standard InChI is InChI=1S/C12H16BrN5/c1-9(2)14-6-12-16-8-18(17-12)7-11-4-3-10(13)5-15-11/h3-5,8-9,14H,6-7H2,1-2H3. The summed E-state index contributed by atoms with van der Waals surface area (Å²) < 4.78 is 2.78. The first-order chi connectivity index (χ1) is 8.63. The van der Waals surface area contributed by atoms with Crippen LogP contribution in [0.2, 0.25) is 0 Å². The largest absolute Gasteiger partial charge is 0.308 e. The number of hydrogen-bond acceptors (Lipinski definition) is 4. The molecule has 1 N–H and O–H groups in total. The van der Waals surface area contributed by atoms with Crippen LogP contribution in [-0.4, -0.2) is 25.8 Å². The molecule has 0 atom stereocenters. The summed E-state index contributed by atoms with van der Waals surface area (Å²) in [6.45, 7) is 5.53. The summed E-state index contributed by atoms with van der Waals surface area (Å²) in [4.78, 5) is 8.56. The van der Waals surface area contributed by atoms with Crippen molar-refractivity contribution < 1.29 is 0 Å². The highest BCUT2D eigenvalue weighted by Crippen LogP contribution is 2.08. The number of hydrogen-bond donors (Lipinski definition) is 1. The van der Waals surface area contributed by atoms with Gasteiger partial charge < -0.3 is 5.32 Å². The minimum Gasteiger partial charge on any atom is -0.308 e. The Morgan fingerprint density at radius 2 is 2.17 bits per heavy atom. The third kappa shape index (κ3) is 3.89. The highest BCUT2D eigenvalue weighted by molar-refractivity contribution is 9.10. The summed E-state index contributed by atoms with van der Waals surface area (Å²) >= 11 is 3.36. The van der Waals surface area contributed by atoms with Crippen molar-refractivity contribution >= 4 is 15.9 Å². The van der Waals surface area contributed by atoms with E-state index in [0.29, 0.717) is 19.1 Å². The highest BCUT2D eigenvalue weighted by Gasteiger charge is 2.03. The number of rotatable bonds is 5. The lowest BCUT2D eigenvalue weighted by Crippen LogP contribution is -2.22. The van der Waals surface area contributed by atoms with E-state index in [9.17, 15) is 0 Å². The predicted octanol–water partition coefficient (Wildman–Crippen LogP) is 1.98. The van der Waals surface area contributed by atoms with Crippen LogP contribution in [0.25, 0.3) is 0 Å². The molecule has 0 spiro atoms. The molecule has 0 saturated heterocycles. The molecule has 6 heteroatoms. The van der Waals surface area contributed by atoms with Gasteiger partial charge in [-0.25, -0.2) is 9.67 Å². The molecule has 2 heterocycles. The van der Waals surface area contributed by atoms with Crippen LogP contribution in [0.3, 0.4) is 0 Å². The second-order valence-corrected chi connectivity index (χ2v) is 5.28. The molecule has 2 rings (SSSR count). The summed E-state index contributed by atoms with van der Waals surface area (Å²) in [5, 5.41) is 7.68. The van der Waals surface area contributed by atoms with Gasteiger partial charge in [0.15, 0.2) is 5.82 Å². The summed E-state index contributed by atoms with van der Waals surface area (Å²) in [6, 6.07) is 4.38. The third-order valence-corrected chi connectivity index (χ3v) is 2.83. The zero-order valence-electron chi connectivity index (χ0n) is 10.5. The zero-order valence-corrected chi connectivity index (χ0v) is 12.1. The summed E-state index contributed by atoms with van der Waals surface area (Å²) in [6.07, 6.45) is 3.52. The van der Waals surface area contributed by atoms with E-state index >= 15 is 0 Å². The molecule has 0 bridgehead atoms. The molecule has 2 aromatic rings. The molecule has 0 aliphatic rings. The SMILES string of the molecule is CC(C)NCc1ncn(Cc2ccc(Br)cn2)n1. The monoisotopic (exact) mass is 309 g/mol. The van der Waals surface area contributed by atoms with Crippen molar-refractivity contribution in [1.29, 1.82) is 0 Å². The molecule has 0 aliphatic carbocycles. The topological polar surface area (TPSA) is 55.6 Å². The van der Waals surface area contributed by atoms with E-state index in [1.54, 1.807) is 17.2 Å². The molecule has 0 aromatic carbocycles. The first kappa shape index (κ1) is 13.2. The summed E-state index contributed by atoms with van der Waals surface area (Å²) in [5.74, 6) is 0.806. The van der Waals surface area contributed by atoms with Crippen molar-refractivity contribution in [2.24, 2.45) is 0 Å². The fourth-order valence-corrected chi connectivity index (χ4v) is 1.69. The molecule has 0 fully saturated rings. The molecular weight excluding hydrogens is 294 g/mol. The molecule has 96 valence electrons. The van der Waals surface area contributed by atoms with E-state index in [-0.39, 0.29) is 0 Å². The first-order valence-corrected chi connectivity index (χ1v) is 6.65. The van der Waals surface area contributed by atoms with Crippen LogP contribution in [0.1, 0.15) is 25.4 Å². The Morgan fingerprint density at radius 3 is 2.83 bits per heavy atom. The van der Waals surface area contributed by atoms with Gasteiger partial charge in [-0.1, -0.05) is 13.8 Å². The van der Waals surface area contributed by atoms with Gasteiger partial charge in [0.2, 0.25) is 0 Å². The lowest BCUT2D eigenvalue weighted by Gasteiger charge is -2.04. The van der Waals surface area contributed by atoms with E-state index in [1.165, 1.54) is 0 Å². The van der Waals surface area contributed by atoms with Gasteiger partial charge in [-0.3, -0.25) is 4.98 Å². The van der Waals surface area contributed by atoms with E-state index in [2.05, 4.69) is 50.2 Å². The Kier molecular flexibility index (Phi) is 4.43. The van der Waals surface area contributed by atoms with Crippen LogP contribution in [0.5, 0.6) is 0 Å². The van der Waals surface area contributed by atoms with Gasteiger partial charge in [0.25, 0.3) is 0 Å². The quantitative estimate of drug-likeness (QED) is 0.917.